The number of nitrogens with one attached hydrogen (secondary N) is 1. The molecule has 1 aliphatic rings. The molecule has 0 aromatic carbocycles. The maximum Gasteiger partial charge on any atom is -0.00174 e. The van der Waals surface area contributed by atoms with Crippen molar-refractivity contribution >= 4 is 0 Å². The normalized spacial score (nSPS) is 20.0. The van der Waals surface area contributed by atoms with Gasteiger partial charge in [0.15, 0.2) is 0 Å². The Hall–Kier alpha value is -0.0400. The van der Waals surface area contributed by atoms with Crippen LogP contribution in [0.15, 0.2) is 0 Å². The summed E-state index contributed by atoms with van der Waals surface area (Å²) < 4.78 is 0. The molecule has 1 saturated heterocycles. The van der Waals surface area contributed by atoms with Gasteiger partial charge in [-0.1, -0.05) is 97.3 Å². The van der Waals surface area contributed by atoms with Gasteiger partial charge in [-0.2, -0.15) is 0 Å². The van der Waals surface area contributed by atoms with E-state index in [1.165, 1.54) is 103 Å². The summed E-state index contributed by atoms with van der Waals surface area (Å²) in [4.78, 5) is 0. The summed E-state index contributed by atoms with van der Waals surface area (Å²) in [5.41, 5.74) is 0. The molecule has 1 N–H and O–H groups in total. The summed E-state index contributed by atoms with van der Waals surface area (Å²) in [5.74, 6) is 2.01. The Morgan fingerprint density at radius 2 is 1.29 bits per heavy atom. The largest absolute Gasteiger partial charge is 0.316 e. The van der Waals surface area contributed by atoms with Crippen molar-refractivity contribution in [3.05, 3.63) is 0 Å². The highest BCUT2D eigenvalue weighted by atomic mass is 14.9. The van der Waals surface area contributed by atoms with Crippen LogP contribution >= 0.6 is 0 Å². The minimum atomic E-state index is 0.992. The van der Waals surface area contributed by atoms with Crippen LogP contribution in [0.25, 0.3) is 0 Å². The first-order valence-corrected chi connectivity index (χ1v) is 10.1. The van der Waals surface area contributed by atoms with Crippen molar-refractivity contribution in [3.63, 3.8) is 0 Å². The average Bonchev–Trinajstić information content (AvgIpc) is 3.02. The van der Waals surface area contributed by atoms with Crippen LogP contribution in [0.3, 0.4) is 0 Å². The third kappa shape index (κ3) is 9.55. The van der Waals surface area contributed by atoms with E-state index < -0.39 is 0 Å². The molecule has 0 aromatic rings. The molecule has 1 nitrogen and oxygen atoms in total. The molecule has 21 heavy (non-hydrogen) atoms. The van der Waals surface area contributed by atoms with Crippen LogP contribution in [-0.4, -0.2) is 13.1 Å². The molecule has 0 aromatic heterocycles. The molecular formula is C20H41N. The van der Waals surface area contributed by atoms with E-state index in [1.807, 2.05) is 0 Å². The van der Waals surface area contributed by atoms with Gasteiger partial charge in [-0.25, -0.2) is 0 Å². The first-order chi connectivity index (χ1) is 10.4. The standard InChI is InChI=1S/C20H41N/c1-3-5-7-9-11-13-15-19(20-16-17-21-18-20)14-12-10-8-6-4-2/h19-21H,3-18H2,1-2H3/t19?,20-/m1/s1. The molecule has 1 unspecified atom stereocenters. The molecule has 1 rings (SSSR count). The minimum Gasteiger partial charge on any atom is -0.316 e. The van der Waals surface area contributed by atoms with Gasteiger partial charge in [0.25, 0.3) is 0 Å². The summed E-state index contributed by atoms with van der Waals surface area (Å²) in [7, 11) is 0. The van der Waals surface area contributed by atoms with Crippen LogP contribution in [-0.2, 0) is 0 Å². The van der Waals surface area contributed by atoms with Crippen molar-refractivity contribution in [2.45, 2.75) is 104 Å². The van der Waals surface area contributed by atoms with Gasteiger partial charge in [0.1, 0.15) is 0 Å². The highest BCUT2D eigenvalue weighted by molar-refractivity contribution is 4.78. The van der Waals surface area contributed by atoms with Crippen LogP contribution in [0.5, 0.6) is 0 Å². The lowest BCUT2D eigenvalue weighted by molar-refractivity contribution is 0.294. The Labute approximate surface area is 134 Å². The van der Waals surface area contributed by atoms with E-state index in [4.69, 9.17) is 0 Å². The second-order valence-corrected chi connectivity index (χ2v) is 7.27. The van der Waals surface area contributed by atoms with Gasteiger partial charge in [-0.3, -0.25) is 0 Å². The summed E-state index contributed by atoms with van der Waals surface area (Å²) in [5, 5.41) is 3.58. The SMILES string of the molecule is CCCCCCCCC(CCCCCCC)[C@@H]1CCNC1. The number of hydrogen-bond donors (Lipinski definition) is 1. The monoisotopic (exact) mass is 295 g/mol. The Morgan fingerprint density at radius 3 is 1.76 bits per heavy atom. The molecule has 0 bridgehead atoms. The summed E-state index contributed by atoms with van der Waals surface area (Å²) in [6, 6.07) is 0. The Morgan fingerprint density at radius 1 is 0.762 bits per heavy atom. The Kier molecular flexibility index (Phi) is 12.3. The van der Waals surface area contributed by atoms with Gasteiger partial charge in [0.2, 0.25) is 0 Å². The van der Waals surface area contributed by atoms with Crippen molar-refractivity contribution in [3.8, 4) is 0 Å². The van der Waals surface area contributed by atoms with Gasteiger partial charge in [-0.15, -0.1) is 0 Å². The fourth-order valence-electron chi connectivity index (χ4n) is 3.89. The number of rotatable bonds is 14. The lowest BCUT2D eigenvalue weighted by Crippen LogP contribution is -2.18. The summed E-state index contributed by atoms with van der Waals surface area (Å²) >= 11 is 0. The number of unbranched alkanes of at least 4 members (excludes halogenated alkanes) is 9. The second-order valence-electron chi connectivity index (χ2n) is 7.27. The predicted octanol–water partition coefficient (Wildman–Crippen LogP) is 6.32. The third-order valence-corrected chi connectivity index (χ3v) is 5.37. The molecule has 1 aliphatic heterocycles. The molecule has 126 valence electrons. The summed E-state index contributed by atoms with van der Waals surface area (Å²) in [6.45, 7) is 7.19. The van der Waals surface area contributed by atoms with Crippen molar-refractivity contribution in [1.29, 1.82) is 0 Å². The Balaban J connectivity index is 2.12. The molecule has 0 saturated carbocycles. The fourth-order valence-corrected chi connectivity index (χ4v) is 3.89. The van der Waals surface area contributed by atoms with Crippen molar-refractivity contribution in [2.75, 3.05) is 13.1 Å². The van der Waals surface area contributed by atoms with Crippen LogP contribution in [0.1, 0.15) is 104 Å². The van der Waals surface area contributed by atoms with Gasteiger partial charge in [-0.05, 0) is 31.3 Å². The average molecular weight is 296 g/mol. The van der Waals surface area contributed by atoms with E-state index in [0.717, 1.165) is 11.8 Å². The highest BCUT2D eigenvalue weighted by Crippen LogP contribution is 2.29. The van der Waals surface area contributed by atoms with E-state index >= 15 is 0 Å². The Bertz CT molecular complexity index is 208. The van der Waals surface area contributed by atoms with Crippen molar-refractivity contribution < 1.29 is 0 Å². The zero-order valence-corrected chi connectivity index (χ0v) is 15.0. The van der Waals surface area contributed by atoms with E-state index in [9.17, 15) is 0 Å². The van der Waals surface area contributed by atoms with Gasteiger partial charge in [0.05, 0.1) is 0 Å². The maximum absolute atomic E-state index is 3.58. The van der Waals surface area contributed by atoms with Crippen LogP contribution in [0, 0.1) is 11.8 Å². The highest BCUT2D eigenvalue weighted by Gasteiger charge is 2.23. The van der Waals surface area contributed by atoms with Crippen molar-refractivity contribution in [1.82, 2.24) is 5.32 Å². The lowest BCUT2D eigenvalue weighted by atomic mass is 9.83. The van der Waals surface area contributed by atoms with Gasteiger partial charge in [0, 0.05) is 0 Å². The minimum absolute atomic E-state index is 0.992. The fraction of sp³-hybridized carbons (Fsp3) is 1.00. The van der Waals surface area contributed by atoms with Crippen LogP contribution in [0.2, 0.25) is 0 Å². The smallest absolute Gasteiger partial charge is 0.00174 e. The molecule has 0 amide bonds. The molecular weight excluding hydrogens is 254 g/mol. The van der Waals surface area contributed by atoms with Crippen LogP contribution in [0.4, 0.5) is 0 Å². The quantitative estimate of drug-likeness (QED) is 0.370. The molecule has 0 spiro atoms. The van der Waals surface area contributed by atoms with E-state index in [0.29, 0.717) is 0 Å². The maximum atomic E-state index is 3.58. The molecule has 2 atom stereocenters. The molecule has 0 aliphatic carbocycles. The predicted molar refractivity (Wildman–Crippen MR) is 95.8 cm³/mol. The van der Waals surface area contributed by atoms with E-state index in [2.05, 4.69) is 19.2 Å². The molecule has 1 heterocycles. The van der Waals surface area contributed by atoms with Gasteiger partial charge >= 0.3 is 0 Å². The summed E-state index contributed by atoms with van der Waals surface area (Å²) in [6.07, 6.45) is 20.4. The molecule has 0 radical (unpaired) electrons. The first-order valence-electron chi connectivity index (χ1n) is 10.1. The molecule has 1 fully saturated rings. The van der Waals surface area contributed by atoms with E-state index in [-0.39, 0.29) is 0 Å². The van der Waals surface area contributed by atoms with E-state index in [1.54, 1.807) is 0 Å². The van der Waals surface area contributed by atoms with Crippen molar-refractivity contribution in [2.24, 2.45) is 11.8 Å². The zero-order chi connectivity index (χ0) is 15.2. The first kappa shape index (κ1) is 19.0. The second kappa shape index (κ2) is 13.6. The third-order valence-electron chi connectivity index (χ3n) is 5.37. The topological polar surface area (TPSA) is 12.0 Å². The number of hydrogen-bond acceptors (Lipinski definition) is 1. The van der Waals surface area contributed by atoms with Gasteiger partial charge < -0.3 is 5.32 Å². The van der Waals surface area contributed by atoms with Crippen LogP contribution < -0.4 is 5.32 Å². The zero-order valence-electron chi connectivity index (χ0n) is 15.0. The molecule has 1 heteroatoms. The lowest BCUT2D eigenvalue weighted by Gasteiger charge is -2.23.